The maximum atomic E-state index is 12.6. The summed E-state index contributed by atoms with van der Waals surface area (Å²) in [5, 5.41) is 5.38. The Morgan fingerprint density at radius 3 is 2.79 bits per heavy atom. The summed E-state index contributed by atoms with van der Waals surface area (Å²) in [5.74, 6) is 0.942. The summed E-state index contributed by atoms with van der Waals surface area (Å²) in [7, 11) is 0. The monoisotopic (exact) mass is 321 g/mol. The minimum atomic E-state index is 0.0608. The number of rotatable bonds is 4. The molecule has 1 fully saturated rings. The van der Waals surface area contributed by atoms with Gasteiger partial charge in [-0.3, -0.25) is 9.48 Å². The molecule has 24 heavy (non-hydrogen) atoms. The Hall–Kier alpha value is -2.82. The topological polar surface area (TPSA) is 47.4 Å². The second-order valence-corrected chi connectivity index (χ2v) is 6.04. The Morgan fingerprint density at radius 2 is 1.92 bits per heavy atom. The van der Waals surface area contributed by atoms with Gasteiger partial charge in [-0.15, -0.1) is 0 Å². The molecule has 0 bridgehead atoms. The fourth-order valence-electron chi connectivity index (χ4n) is 3.12. The van der Waals surface area contributed by atoms with E-state index in [1.807, 2.05) is 59.5 Å². The van der Waals surface area contributed by atoms with E-state index in [9.17, 15) is 4.79 Å². The molecule has 1 aliphatic heterocycles. The molecule has 0 N–H and O–H groups in total. The van der Waals surface area contributed by atoms with Crippen LogP contribution in [0.25, 0.3) is 10.9 Å². The molecule has 1 aliphatic rings. The molecule has 1 amide bonds. The van der Waals surface area contributed by atoms with E-state index >= 15 is 0 Å². The van der Waals surface area contributed by atoms with E-state index in [1.165, 1.54) is 0 Å². The standard InChI is InChI=1S/C19H19N3O2/c23-19(14-22-18-9-5-4-6-15(18)12-20-22)21-11-10-17(13-21)24-16-7-2-1-3-8-16/h1-9,12,17H,10-11,13-14H2/t17-/m1/s1. The number of nitrogens with zero attached hydrogens (tertiary/aromatic N) is 3. The van der Waals surface area contributed by atoms with Gasteiger partial charge in [-0.1, -0.05) is 36.4 Å². The Balaban J connectivity index is 1.39. The van der Waals surface area contributed by atoms with Gasteiger partial charge in [-0.2, -0.15) is 5.10 Å². The SMILES string of the molecule is O=C(Cn1ncc2ccccc21)N1CC[C@@H](Oc2ccccc2)C1. The minimum Gasteiger partial charge on any atom is -0.489 e. The molecule has 0 spiro atoms. The molecule has 5 nitrogen and oxygen atoms in total. The average molecular weight is 321 g/mol. The van der Waals surface area contributed by atoms with Crippen molar-refractivity contribution in [2.24, 2.45) is 0 Å². The molecule has 3 aromatic rings. The summed E-state index contributed by atoms with van der Waals surface area (Å²) in [6, 6.07) is 17.7. The van der Waals surface area contributed by atoms with Gasteiger partial charge in [0.2, 0.25) is 5.91 Å². The number of carbonyl (C=O) groups is 1. The number of amides is 1. The van der Waals surface area contributed by atoms with Crippen molar-refractivity contribution in [2.75, 3.05) is 13.1 Å². The molecular formula is C19H19N3O2. The summed E-state index contributed by atoms with van der Waals surface area (Å²) in [5.41, 5.74) is 0.988. The van der Waals surface area contributed by atoms with E-state index in [0.717, 1.165) is 29.6 Å². The summed E-state index contributed by atoms with van der Waals surface area (Å²) in [6.07, 6.45) is 2.72. The zero-order valence-corrected chi connectivity index (χ0v) is 13.3. The molecule has 0 unspecified atom stereocenters. The second kappa shape index (κ2) is 6.35. The Morgan fingerprint density at radius 1 is 1.12 bits per heavy atom. The third kappa shape index (κ3) is 2.97. The van der Waals surface area contributed by atoms with Crippen molar-refractivity contribution in [3.05, 3.63) is 60.8 Å². The predicted molar refractivity (Wildman–Crippen MR) is 91.8 cm³/mol. The van der Waals surface area contributed by atoms with Gasteiger partial charge < -0.3 is 9.64 Å². The number of ether oxygens (including phenoxy) is 1. The number of para-hydroxylation sites is 2. The van der Waals surface area contributed by atoms with E-state index in [1.54, 1.807) is 10.9 Å². The highest BCUT2D eigenvalue weighted by Gasteiger charge is 2.27. The van der Waals surface area contributed by atoms with Crippen LogP contribution in [0.3, 0.4) is 0 Å². The third-order valence-corrected chi connectivity index (χ3v) is 4.38. The van der Waals surface area contributed by atoms with E-state index in [0.29, 0.717) is 6.54 Å². The van der Waals surface area contributed by atoms with Crippen molar-refractivity contribution in [3.8, 4) is 5.75 Å². The van der Waals surface area contributed by atoms with Gasteiger partial charge in [0, 0.05) is 18.4 Å². The second-order valence-electron chi connectivity index (χ2n) is 6.04. The van der Waals surface area contributed by atoms with Crippen molar-refractivity contribution < 1.29 is 9.53 Å². The van der Waals surface area contributed by atoms with Gasteiger partial charge in [-0.25, -0.2) is 0 Å². The van der Waals surface area contributed by atoms with Crippen LogP contribution >= 0.6 is 0 Å². The Labute approximate surface area is 140 Å². The maximum absolute atomic E-state index is 12.6. The van der Waals surface area contributed by atoms with Crippen LogP contribution < -0.4 is 4.74 Å². The molecule has 1 aromatic heterocycles. The molecule has 0 saturated carbocycles. The molecule has 4 rings (SSSR count). The van der Waals surface area contributed by atoms with Crippen molar-refractivity contribution in [2.45, 2.75) is 19.1 Å². The van der Waals surface area contributed by atoms with Crippen LogP contribution in [0.5, 0.6) is 5.75 Å². The van der Waals surface area contributed by atoms with Crippen LogP contribution in [0.1, 0.15) is 6.42 Å². The summed E-state index contributed by atoms with van der Waals surface area (Å²) in [4.78, 5) is 14.4. The average Bonchev–Trinajstić information content (AvgIpc) is 3.24. The first-order valence-corrected chi connectivity index (χ1v) is 8.19. The summed E-state index contributed by atoms with van der Waals surface area (Å²) in [6.45, 7) is 1.63. The first kappa shape index (κ1) is 14.8. The van der Waals surface area contributed by atoms with Crippen LogP contribution in [0.15, 0.2) is 60.8 Å². The number of hydrogen-bond donors (Lipinski definition) is 0. The highest BCUT2D eigenvalue weighted by atomic mass is 16.5. The van der Waals surface area contributed by atoms with Crippen LogP contribution in [-0.2, 0) is 11.3 Å². The molecule has 2 aromatic carbocycles. The molecule has 0 radical (unpaired) electrons. The molecule has 1 saturated heterocycles. The molecule has 0 aliphatic carbocycles. The zero-order chi connectivity index (χ0) is 16.4. The maximum Gasteiger partial charge on any atom is 0.244 e. The van der Waals surface area contributed by atoms with Crippen LogP contribution in [0, 0.1) is 0 Å². The quantitative estimate of drug-likeness (QED) is 0.742. The van der Waals surface area contributed by atoms with E-state index in [4.69, 9.17) is 4.74 Å². The largest absolute Gasteiger partial charge is 0.489 e. The highest BCUT2D eigenvalue weighted by Crippen LogP contribution is 2.19. The number of aromatic nitrogens is 2. The van der Waals surface area contributed by atoms with Crippen molar-refractivity contribution in [1.82, 2.24) is 14.7 Å². The smallest absolute Gasteiger partial charge is 0.244 e. The van der Waals surface area contributed by atoms with Gasteiger partial charge in [0.1, 0.15) is 18.4 Å². The Bertz CT molecular complexity index is 844. The lowest BCUT2D eigenvalue weighted by molar-refractivity contribution is -0.131. The van der Waals surface area contributed by atoms with Gasteiger partial charge in [0.05, 0.1) is 18.3 Å². The summed E-state index contributed by atoms with van der Waals surface area (Å²) < 4.78 is 7.71. The number of carbonyl (C=O) groups excluding carboxylic acids is 1. The molecular weight excluding hydrogens is 302 g/mol. The van der Waals surface area contributed by atoms with Crippen LogP contribution in [0.4, 0.5) is 0 Å². The minimum absolute atomic E-state index is 0.0608. The van der Waals surface area contributed by atoms with Gasteiger partial charge in [0.25, 0.3) is 0 Å². The number of hydrogen-bond acceptors (Lipinski definition) is 3. The molecule has 5 heteroatoms. The lowest BCUT2D eigenvalue weighted by Gasteiger charge is -2.17. The first-order valence-electron chi connectivity index (χ1n) is 8.19. The van der Waals surface area contributed by atoms with Crippen molar-refractivity contribution in [3.63, 3.8) is 0 Å². The fraction of sp³-hybridized carbons (Fsp3) is 0.263. The predicted octanol–water partition coefficient (Wildman–Crippen LogP) is 2.72. The van der Waals surface area contributed by atoms with Crippen molar-refractivity contribution >= 4 is 16.8 Å². The van der Waals surface area contributed by atoms with E-state index in [2.05, 4.69) is 5.10 Å². The van der Waals surface area contributed by atoms with Gasteiger partial charge in [0.15, 0.2) is 0 Å². The van der Waals surface area contributed by atoms with E-state index < -0.39 is 0 Å². The first-order chi connectivity index (χ1) is 11.8. The fourth-order valence-corrected chi connectivity index (χ4v) is 3.12. The molecule has 1 atom stereocenters. The van der Waals surface area contributed by atoms with Gasteiger partial charge in [-0.05, 0) is 18.2 Å². The van der Waals surface area contributed by atoms with Crippen LogP contribution in [-0.4, -0.2) is 39.8 Å². The summed E-state index contributed by atoms with van der Waals surface area (Å²) >= 11 is 0. The lowest BCUT2D eigenvalue weighted by Crippen LogP contribution is -2.33. The normalized spacial score (nSPS) is 17.3. The number of likely N-dealkylation sites (tertiary alicyclic amines) is 1. The van der Waals surface area contributed by atoms with E-state index in [-0.39, 0.29) is 18.6 Å². The van der Waals surface area contributed by atoms with Crippen molar-refractivity contribution in [1.29, 1.82) is 0 Å². The number of fused-ring (bicyclic) bond motifs is 1. The third-order valence-electron chi connectivity index (χ3n) is 4.38. The molecule has 2 heterocycles. The molecule has 122 valence electrons. The Kier molecular flexibility index (Phi) is 3.91. The highest BCUT2D eigenvalue weighted by molar-refractivity contribution is 5.82. The lowest BCUT2D eigenvalue weighted by atomic mass is 10.2. The van der Waals surface area contributed by atoms with Crippen LogP contribution in [0.2, 0.25) is 0 Å². The number of benzene rings is 2. The zero-order valence-electron chi connectivity index (χ0n) is 13.3. The van der Waals surface area contributed by atoms with Gasteiger partial charge >= 0.3 is 0 Å².